The zero-order valence-electron chi connectivity index (χ0n) is 8.36. The molecule has 0 unspecified atom stereocenters. The van der Waals surface area contributed by atoms with Gasteiger partial charge in [0.05, 0.1) is 10.8 Å². The number of nitrogens with one attached hydrogen (secondary N) is 1. The smallest absolute Gasteiger partial charge is 0.278 e. The lowest BCUT2D eigenvalue weighted by Gasteiger charge is -1.98. The highest BCUT2D eigenvalue weighted by molar-refractivity contribution is 9.10. The van der Waals surface area contributed by atoms with Crippen molar-refractivity contribution in [1.29, 1.82) is 0 Å². The molecule has 0 saturated carbocycles. The van der Waals surface area contributed by atoms with Gasteiger partial charge in [0.1, 0.15) is 0 Å². The first-order valence-electron chi connectivity index (χ1n) is 4.68. The largest absolute Gasteiger partial charge is 0.311 e. The standard InChI is InChI=1S/C10H7BrN4O/c1-5-2-6(11)8-14-7-9(15(8)3-5)12-4-13-10(7)16/h2-4H,1H3,(H,12,13,16). The number of halogens is 1. The number of rotatable bonds is 0. The number of H-pyrrole nitrogens is 1. The van der Waals surface area contributed by atoms with Crippen molar-refractivity contribution in [2.75, 3.05) is 0 Å². The highest BCUT2D eigenvalue weighted by Crippen LogP contribution is 2.21. The van der Waals surface area contributed by atoms with Crippen LogP contribution in [0.3, 0.4) is 0 Å². The number of pyridine rings is 1. The van der Waals surface area contributed by atoms with Crippen LogP contribution in [0.25, 0.3) is 16.8 Å². The van der Waals surface area contributed by atoms with Gasteiger partial charge in [-0.1, -0.05) is 0 Å². The minimum Gasteiger partial charge on any atom is -0.311 e. The molecule has 0 aliphatic rings. The first kappa shape index (κ1) is 9.53. The third kappa shape index (κ3) is 1.19. The number of imidazole rings is 1. The van der Waals surface area contributed by atoms with Crippen LogP contribution < -0.4 is 5.56 Å². The maximum atomic E-state index is 11.6. The average Bonchev–Trinajstić information content (AvgIpc) is 2.59. The van der Waals surface area contributed by atoms with Crippen LogP contribution in [0.5, 0.6) is 0 Å². The van der Waals surface area contributed by atoms with E-state index < -0.39 is 0 Å². The van der Waals surface area contributed by atoms with Crippen LogP contribution in [0.15, 0.2) is 27.9 Å². The van der Waals surface area contributed by atoms with Gasteiger partial charge in [0.2, 0.25) is 0 Å². The molecule has 0 atom stereocenters. The van der Waals surface area contributed by atoms with Gasteiger partial charge >= 0.3 is 0 Å². The van der Waals surface area contributed by atoms with Crippen molar-refractivity contribution in [1.82, 2.24) is 19.4 Å². The van der Waals surface area contributed by atoms with Gasteiger partial charge in [0.15, 0.2) is 16.8 Å². The predicted molar refractivity (Wildman–Crippen MR) is 63.6 cm³/mol. The second-order valence-corrected chi connectivity index (χ2v) is 4.43. The molecule has 0 aliphatic heterocycles. The third-order valence-corrected chi connectivity index (χ3v) is 2.97. The molecule has 1 N–H and O–H groups in total. The molecule has 3 rings (SSSR count). The predicted octanol–water partition coefficient (Wildman–Crippen LogP) is 1.64. The minimum atomic E-state index is -0.224. The number of fused-ring (bicyclic) bond motifs is 3. The second-order valence-electron chi connectivity index (χ2n) is 3.57. The Labute approximate surface area is 98.3 Å². The van der Waals surface area contributed by atoms with E-state index in [0.29, 0.717) is 16.8 Å². The lowest BCUT2D eigenvalue weighted by atomic mass is 10.3. The molecule has 0 spiro atoms. The van der Waals surface area contributed by atoms with E-state index in [1.165, 1.54) is 6.33 Å². The zero-order valence-corrected chi connectivity index (χ0v) is 9.95. The molecule has 0 amide bonds. The molecule has 3 aromatic heterocycles. The third-order valence-electron chi connectivity index (χ3n) is 2.38. The van der Waals surface area contributed by atoms with Crippen molar-refractivity contribution >= 4 is 32.7 Å². The molecule has 16 heavy (non-hydrogen) atoms. The number of aromatic nitrogens is 4. The summed E-state index contributed by atoms with van der Waals surface area (Å²) >= 11 is 3.43. The zero-order chi connectivity index (χ0) is 11.3. The molecule has 0 aliphatic carbocycles. The summed E-state index contributed by atoms with van der Waals surface area (Å²) in [5.41, 5.74) is 2.47. The van der Waals surface area contributed by atoms with E-state index in [4.69, 9.17) is 0 Å². The lowest BCUT2D eigenvalue weighted by Crippen LogP contribution is -2.06. The Hall–Kier alpha value is -1.69. The van der Waals surface area contributed by atoms with Crippen molar-refractivity contribution in [2.45, 2.75) is 6.92 Å². The van der Waals surface area contributed by atoms with Crippen LogP contribution in [-0.4, -0.2) is 19.4 Å². The Morgan fingerprint density at radius 3 is 3.06 bits per heavy atom. The van der Waals surface area contributed by atoms with E-state index in [0.717, 1.165) is 10.0 Å². The Morgan fingerprint density at radius 2 is 2.25 bits per heavy atom. The first-order chi connectivity index (χ1) is 7.66. The summed E-state index contributed by atoms with van der Waals surface area (Å²) in [5.74, 6) is 0. The summed E-state index contributed by atoms with van der Waals surface area (Å²) in [6.07, 6.45) is 3.29. The summed E-state index contributed by atoms with van der Waals surface area (Å²) in [5, 5.41) is 0. The van der Waals surface area contributed by atoms with Crippen molar-refractivity contribution in [3.63, 3.8) is 0 Å². The average molecular weight is 279 g/mol. The molecule has 0 bridgehead atoms. The highest BCUT2D eigenvalue weighted by atomic mass is 79.9. The van der Waals surface area contributed by atoms with E-state index >= 15 is 0 Å². The normalized spacial score (nSPS) is 11.4. The lowest BCUT2D eigenvalue weighted by molar-refractivity contribution is 1.11. The Bertz CT molecular complexity index is 758. The maximum absolute atomic E-state index is 11.6. The van der Waals surface area contributed by atoms with E-state index in [-0.39, 0.29) is 5.56 Å². The number of hydrogen-bond acceptors (Lipinski definition) is 3. The van der Waals surface area contributed by atoms with Crippen LogP contribution in [0, 0.1) is 6.92 Å². The van der Waals surface area contributed by atoms with Gasteiger partial charge in [0.25, 0.3) is 5.56 Å². The van der Waals surface area contributed by atoms with Gasteiger partial charge in [-0.2, -0.15) is 0 Å². The molecule has 0 fully saturated rings. The molecule has 0 saturated heterocycles. The fraction of sp³-hybridized carbons (Fsp3) is 0.100. The SMILES string of the molecule is Cc1cc(Br)c2nc3c(=O)[nH]cnc3n2c1. The van der Waals surface area contributed by atoms with Crippen molar-refractivity contribution in [2.24, 2.45) is 0 Å². The number of aryl methyl sites for hydroxylation is 1. The van der Waals surface area contributed by atoms with Gasteiger partial charge < -0.3 is 4.98 Å². The van der Waals surface area contributed by atoms with E-state index in [1.54, 1.807) is 0 Å². The fourth-order valence-electron chi connectivity index (χ4n) is 1.72. The Balaban J connectivity index is 2.66. The van der Waals surface area contributed by atoms with Crippen LogP contribution in [0.1, 0.15) is 5.56 Å². The molecule has 3 aromatic rings. The Kier molecular flexibility index (Phi) is 1.88. The van der Waals surface area contributed by atoms with Gasteiger partial charge in [-0.25, -0.2) is 9.97 Å². The Morgan fingerprint density at radius 1 is 1.44 bits per heavy atom. The summed E-state index contributed by atoms with van der Waals surface area (Å²) in [6.45, 7) is 1.98. The number of hydrogen-bond donors (Lipinski definition) is 1. The van der Waals surface area contributed by atoms with Gasteiger partial charge in [0, 0.05) is 6.20 Å². The molecular formula is C10H7BrN4O. The van der Waals surface area contributed by atoms with E-state index in [1.807, 2.05) is 23.6 Å². The van der Waals surface area contributed by atoms with E-state index in [9.17, 15) is 4.79 Å². The first-order valence-corrected chi connectivity index (χ1v) is 5.48. The molecule has 0 aromatic carbocycles. The molecule has 6 heteroatoms. The molecule has 5 nitrogen and oxygen atoms in total. The van der Waals surface area contributed by atoms with Crippen LogP contribution in [0.4, 0.5) is 0 Å². The van der Waals surface area contributed by atoms with Crippen LogP contribution in [0.2, 0.25) is 0 Å². The number of nitrogens with zero attached hydrogens (tertiary/aromatic N) is 3. The summed E-state index contributed by atoms with van der Waals surface area (Å²) in [7, 11) is 0. The van der Waals surface area contributed by atoms with Gasteiger partial charge in [-0.15, -0.1) is 0 Å². The topological polar surface area (TPSA) is 63.0 Å². The van der Waals surface area contributed by atoms with Crippen LogP contribution >= 0.6 is 15.9 Å². The van der Waals surface area contributed by atoms with Gasteiger partial charge in [-0.05, 0) is 34.5 Å². The van der Waals surface area contributed by atoms with Crippen molar-refractivity contribution in [3.8, 4) is 0 Å². The second kappa shape index (κ2) is 3.15. The fourth-order valence-corrected chi connectivity index (χ4v) is 2.36. The van der Waals surface area contributed by atoms with E-state index in [2.05, 4.69) is 30.9 Å². The summed E-state index contributed by atoms with van der Waals surface area (Å²) in [4.78, 5) is 22.5. The monoisotopic (exact) mass is 278 g/mol. The highest BCUT2D eigenvalue weighted by Gasteiger charge is 2.11. The minimum absolute atomic E-state index is 0.224. The molecule has 3 heterocycles. The molecule has 0 radical (unpaired) electrons. The maximum Gasteiger partial charge on any atom is 0.278 e. The van der Waals surface area contributed by atoms with Crippen molar-refractivity contribution in [3.05, 3.63) is 39.0 Å². The quantitative estimate of drug-likeness (QED) is 0.680. The number of aromatic amines is 1. The van der Waals surface area contributed by atoms with Crippen LogP contribution in [-0.2, 0) is 0 Å². The molecule has 80 valence electrons. The van der Waals surface area contributed by atoms with Gasteiger partial charge in [-0.3, -0.25) is 9.20 Å². The summed E-state index contributed by atoms with van der Waals surface area (Å²) < 4.78 is 2.66. The van der Waals surface area contributed by atoms with Crippen molar-refractivity contribution < 1.29 is 0 Å². The summed E-state index contributed by atoms with van der Waals surface area (Å²) in [6, 6.07) is 1.95. The molecular weight excluding hydrogens is 272 g/mol.